The van der Waals surface area contributed by atoms with Crippen LogP contribution in [0.15, 0.2) is 0 Å². The molecule has 2 fully saturated rings. The average molecular weight is 325 g/mol. The minimum Gasteiger partial charge on any atom is -0.444 e. The molecule has 1 N–H and O–H groups in total. The molecule has 2 heterocycles. The van der Waals surface area contributed by atoms with Crippen molar-refractivity contribution >= 4 is 6.09 Å². The van der Waals surface area contributed by atoms with Gasteiger partial charge in [0.25, 0.3) is 0 Å². The van der Waals surface area contributed by atoms with Crippen LogP contribution >= 0.6 is 0 Å². The highest BCUT2D eigenvalue weighted by Gasteiger charge is 2.31. The van der Waals surface area contributed by atoms with Crippen LogP contribution in [0.25, 0.3) is 0 Å². The molecule has 2 aliphatic heterocycles. The molecule has 0 saturated carbocycles. The third-order valence-electron chi connectivity index (χ3n) is 4.93. The van der Waals surface area contributed by atoms with Crippen LogP contribution < -0.4 is 5.32 Å². The Labute approximate surface area is 141 Å². The molecule has 0 aromatic heterocycles. The van der Waals surface area contributed by atoms with Gasteiger partial charge in [0.05, 0.1) is 0 Å². The Morgan fingerprint density at radius 3 is 2.43 bits per heavy atom. The Morgan fingerprint density at radius 1 is 1.13 bits per heavy atom. The molecule has 2 saturated heterocycles. The Hall–Kier alpha value is -0.810. The van der Waals surface area contributed by atoms with E-state index in [9.17, 15) is 4.79 Å². The second kappa shape index (κ2) is 8.34. The van der Waals surface area contributed by atoms with E-state index < -0.39 is 5.60 Å². The molecule has 2 aliphatic rings. The Morgan fingerprint density at radius 2 is 1.83 bits per heavy atom. The maximum absolute atomic E-state index is 12.4. The molecular weight excluding hydrogens is 290 g/mol. The largest absolute Gasteiger partial charge is 0.444 e. The van der Waals surface area contributed by atoms with Crippen molar-refractivity contribution in [2.75, 3.05) is 32.7 Å². The highest BCUT2D eigenvalue weighted by molar-refractivity contribution is 5.68. The van der Waals surface area contributed by atoms with E-state index in [1.807, 2.05) is 25.7 Å². The van der Waals surface area contributed by atoms with Gasteiger partial charge in [-0.05, 0) is 72.5 Å². The average Bonchev–Trinajstić information content (AvgIpc) is 2.52. The summed E-state index contributed by atoms with van der Waals surface area (Å²) in [6.45, 7) is 13.3. The van der Waals surface area contributed by atoms with Crippen LogP contribution in [0.1, 0.15) is 59.8 Å². The van der Waals surface area contributed by atoms with Gasteiger partial charge in [-0.1, -0.05) is 6.92 Å². The summed E-state index contributed by atoms with van der Waals surface area (Å²) in [7, 11) is 0. The smallest absolute Gasteiger partial charge is 0.410 e. The lowest BCUT2D eigenvalue weighted by Crippen LogP contribution is -2.52. The summed E-state index contributed by atoms with van der Waals surface area (Å²) in [5.41, 5.74) is -0.417. The van der Waals surface area contributed by atoms with E-state index in [1.165, 1.54) is 32.4 Å². The van der Waals surface area contributed by atoms with E-state index >= 15 is 0 Å². The fourth-order valence-corrected chi connectivity index (χ4v) is 3.53. The minimum absolute atomic E-state index is 0.148. The summed E-state index contributed by atoms with van der Waals surface area (Å²) >= 11 is 0. The summed E-state index contributed by atoms with van der Waals surface area (Å²) in [6.07, 6.45) is 5.66. The summed E-state index contributed by atoms with van der Waals surface area (Å²) in [6, 6.07) is 0.878. The molecule has 0 spiro atoms. The number of hydrogen-bond donors (Lipinski definition) is 1. The first-order valence-electron chi connectivity index (χ1n) is 9.34. The molecule has 0 aliphatic carbocycles. The van der Waals surface area contributed by atoms with Gasteiger partial charge in [0.1, 0.15) is 5.60 Å². The highest BCUT2D eigenvalue weighted by atomic mass is 16.6. The Kier molecular flexibility index (Phi) is 6.72. The number of amides is 1. The second-order valence-electron chi connectivity index (χ2n) is 7.94. The lowest BCUT2D eigenvalue weighted by molar-refractivity contribution is 0.00939. The SMILES string of the molecule is CCN1CCC(NCC2CCCCN2C(=O)OC(C)(C)C)CC1. The van der Waals surface area contributed by atoms with Crippen molar-refractivity contribution in [3.8, 4) is 0 Å². The highest BCUT2D eigenvalue weighted by Crippen LogP contribution is 2.20. The predicted molar refractivity (Wildman–Crippen MR) is 93.7 cm³/mol. The Balaban J connectivity index is 1.81. The molecule has 2 rings (SSSR count). The number of hydrogen-bond acceptors (Lipinski definition) is 4. The zero-order valence-corrected chi connectivity index (χ0v) is 15.4. The van der Waals surface area contributed by atoms with Crippen molar-refractivity contribution in [3.05, 3.63) is 0 Å². The van der Waals surface area contributed by atoms with E-state index in [4.69, 9.17) is 4.74 Å². The van der Waals surface area contributed by atoms with E-state index in [1.54, 1.807) is 0 Å². The molecule has 0 aromatic rings. The lowest BCUT2D eigenvalue weighted by Gasteiger charge is -2.38. The number of likely N-dealkylation sites (tertiary alicyclic amines) is 2. The van der Waals surface area contributed by atoms with Crippen LogP contribution in [-0.4, -0.2) is 66.3 Å². The van der Waals surface area contributed by atoms with Gasteiger partial charge in [-0.3, -0.25) is 0 Å². The van der Waals surface area contributed by atoms with Crippen molar-refractivity contribution in [2.45, 2.75) is 77.5 Å². The van der Waals surface area contributed by atoms with Crippen molar-refractivity contribution in [2.24, 2.45) is 0 Å². The Bertz CT molecular complexity index is 373. The van der Waals surface area contributed by atoms with Crippen LogP contribution in [0.2, 0.25) is 0 Å². The van der Waals surface area contributed by atoms with E-state index in [0.717, 1.165) is 32.5 Å². The molecule has 0 radical (unpaired) electrons. The number of carbonyl (C=O) groups excluding carboxylic acids is 1. The van der Waals surface area contributed by atoms with Gasteiger partial charge >= 0.3 is 6.09 Å². The molecule has 134 valence electrons. The van der Waals surface area contributed by atoms with Gasteiger partial charge in [0.15, 0.2) is 0 Å². The fourth-order valence-electron chi connectivity index (χ4n) is 3.53. The predicted octanol–water partition coefficient (Wildman–Crippen LogP) is 2.85. The quantitative estimate of drug-likeness (QED) is 0.863. The molecule has 23 heavy (non-hydrogen) atoms. The van der Waals surface area contributed by atoms with Crippen LogP contribution in [0.5, 0.6) is 0 Å². The third-order valence-corrected chi connectivity index (χ3v) is 4.93. The van der Waals surface area contributed by atoms with E-state index in [2.05, 4.69) is 17.1 Å². The summed E-state index contributed by atoms with van der Waals surface area (Å²) in [5.74, 6) is 0. The summed E-state index contributed by atoms with van der Waals surface area (Å²) < 4.78 is 5.58. The first-order valence-corrected chi connectivity index (χ1v) is 9.34. The maximum atomic E-state index is 12.4. The zero-order chi connectivity index (χ0) is 16.9. The molecule has 1 unspecified atom stereocenters. The van der Waals surface area contributed by atoms with Gasteiger partial charge in [0.2, 0.25) is 0 Å². The van der Waals surface area contributed by atoms with Gasteiger partial charge in [-0.2, -0.15) is 0 Å². The first-order chi connectivity index (χ1) is 10.9. The number of nitrogens with one attached hydrogen (secondary N) is 1. The number of ether oxygens (including phenoxy) is 1. The number of nitrogens with zero attached hydrogens (tertiary/aromatic N) is 2. The van der Waals surface area contributed by atoms with Crippen molar-refractivity contribution in [1.29, 1.82) is 0 Å². The number of carbonyl (C=O) groups is 1. The zero-order valence-electron chi connectivity index (χ0n) is 15.4. The first kappa shape index (κ1) is 18.5. The second-order valence-corrected chi connectivity index (χ2v) is 7.94. The van der Waals surface area contributed by atoms with Crippen molar-refractivity contribution < 1.29 is 9.53 Å². The number of rotatable bonds is 4. The minimum atomic E-state index is -0.417. The van der Waals surface area contributed by atoms with Crippen LogP contribution in [-0.2, 0) is 4.74 Å². The lowest BCUT2D eigenvalue weighted by atomic mass is 10.0. The van der Waals surface area contributed by atoms with E-state index in [-0.39, 0.29) is 12.1 Å². The topological polar surface area (TPSA) is 44.8 Å². The van der Waals surface area contributed by atoms with Crippen molar-refractivity contribution in [1.82, 2.24) is 15.1 Å². The molecule has 5 nitrogen and oxygen atoms in total. The van der Waals surface area contributed by atoms with Gasteiger partial charge in [-0.25, -0.2) is 4.79 Å². The molecular formula is C18H35N3O2. The van der Waals surface area contributed by atoms with Gasteiger partial charge < -0.3 is 19.9 Å². The van der Waals surface area contributed by atoms with Gasteiger partial charge in [0, 0.05) is 25.2 Å². The van der Waals surface area contributed by atoms with Crippen LogP contribution in [0, 0.1) is 0 Å². The normalized spacial score (nSPS) is 24.7. The molecule has 0 aromatic carbocycles. The third kappa shape index (κ3) is 5.96. The molecule has 1 amide bonds. The summed E-state index contributed by atoms with van der Waals surface area (Å²) in [4.78, 5) is 16.9. The van der Waals surface area contributed by atoms with E-state index in [0.29, 0.717) is 6.04 Å². The molecule has 5 heteroatoms. The number of piperidine rings is 2. The van der Waals surface area contributed by atoms with Crippen LogP contribution in [0.3, 0.4) is 0 Å². The molecule has 0 bridgehead atoms. The van der Waals surface area contributed by atoms with Crippen molar-refractivity contribution in [3.63, 3.8) is 0 Å². The van der Waals surface area contributed by atoms with Gasteiger partial charge in [-0.15, -0.1) is 0 Å². The monoisotopic (exact) mass is 325 g/mol. The maximum Gasteiger partial charge on any atom is 0.410 e. The standard InChI is InChI=1S/C18H35N3O2/c1-5-20-12-9-15(10-13-20)19-14-16-8-6-7-11-21(16)17(22)23-18(2,3)4/h15-16,19H,5-14H2,1-4H3. The fraction of sp³-hybridized carbons (Fsp3) is 0.944. The molecule has 1 atom stereocenters. The van der Waals surface area contributed by atoms with Crippen LogP contribution in [0.4, 0.5) is 4.79 Å². The summed E-state index contributed by atoms with van der Waals surface area (Å²) in [5, 5.41) is 3.71.